The Kier molecular flexibility index (Phi) is 5.49. The number of nitrogens with zero attached hydrogens (tertiary/aromatic N) is 6. The molecule has 2 aliphatic heterocycles. The van der Waals surface area contributed by atoms with Gasteiger partial charge in [0.05, 0.1) is 17.9 Å². The number of rotatable bonds is 5. The van der Waals surface area contributed by atoms with E-state index in [4.69, 9.17) is 0 Å². The number of alkyl halides is 3. The van der Waals surface area contributed by atoms with Crippen molar-refractivity contribution in [1.29, 1.82) is 0 Å². The van der Waals surface area contributed by atoms with Crippen molar-refractivity contribution in [2.75, 3.05) is 19.6 Å². The number of pyridine rings is 1. The molecule has 0 amide bonds. The summed E-state index contributed by atoms with van der Waals surface area (Å²) in [4.78, 5) is 31.2. The summed E-state index contributed by atoms with van der Waals surface area (Å²) in [5, 5.41) is 10.2. The molecule has 5 rings (SSSR count). The van der Waals surface area contributed by atoms with E-state index in [-0.39, 0.29) is 23.2 Å². The molecule has 33 heavy (non-hydrogen) atoms. The highest BCUT2D eigenvalue weighted by atomic mass is 19.4. The first-order chi connectivity index (χ1) is 15.8. The lowest BCUT2D eigenvalue weighted by molar-refractivity contribution is -0.141. The molecule has 1 unspecified atom stereocenters. The summed E-state index contributed by atoms with van der Waals surface area (Å²) in [6.07, 6.45) is -1.48. The number of hydrogen-bond acceptors (Lipinski definition) is 7. The zero-order chi connectivity index (χ0) is 23.2. The molecule has 0 aliphatic carbocycles. The van der Waals surface area contributed by atoms with Crippen LogP contribution in [0.2, 0.25) is 0 Å². The Bertz CT molecular complexity index is 1270. The van der Waals surface area contributed by atoms with E-state index < -0.39 is 11.9 Å². The van der Waals surface area contributed by atoms with Crippen LogP contribution in [0.25, 0.3) is 11.2 Å². The minimum atomic E-state index is -4.49. The number of hydrogen-bond donors (Lipinski definition) is 1. The Balaban J connectivity index is 1.17. The van der Waals surface area contributed by atoms with Crippen LogP contribution >= 0.6 is 0 Å². The number of likely N-dealkylation sites (tertiary alicyclic amines) is 1. The molecule has 174 valence electrons. The van der Waals surface area contributed by atoms with E-state index in [0.29, 0.717) is 36.5 Å². The van der Waals surface area contributed by atoms with E-state index in [1.54, 1.807) is 15.2 Å². The molecule has 0 spiro atoms. The van der Waals surface area contributed by atoms with Crippen molar-refractivity contribution < 1.29 is 13.2 Å². The van der Waals surface area contributed by atoms with Gasteiger partial charge in [0.15, 0.2) is 5.69 Å². The first kappa shape index (κ1) is 21.7. The molecule has 0 radical (unpaired) electrons. The first-order valence-corrected chi connectivity index (χ1v) is 10.8. The molecule has 0 saturated carbocycles. The fourth-order valence-electron chi connectivity index (χ4n) is 4.64. The Morgan fingerprint density at radius 1 is 1.03 bits per heavy atom. The van der Waals surface area contributed by atoms with Gasteiger partial charge in [-0.2, -0.15) is 18.3 Å². The van der Waals surface area contributed by atoms with Crippen molar-refractivity contribution in [1.82, 2.24) is 34.5 Å². The van der Waals surface area contributed by atoms with Gasteiger partial charge in [0.25, 0.3) is 11.1 Å². The SMILES string of the molecule is O=c1ccc2ncc(=O)n3c2n1CC3CN1CCC(NCc2ccc(C(F)(F)F)nn2)CC1. The van der Waals surface area contributed by atoms with Crippen LogP contribution < -0.4 is 16.4 Å². The second-order valence-electron chi connectivity index (χ2n) is 8.47. The zero-order valence-corrected chi connectivity index (χ0v) is 17.6. The summed E-state index contributed by atoms with van der Waals surface area (Å²) in [5.74, 6) is 0. The van der Waals surface area contributed by atoms with Crippen LogP contribution in [0.5, 0.6) is 0 Å². The zero-order valence-electron chi connectivity index (χ0n) is 17.6. The van der Waals surface area contributed by atoms with Crippen molar-refractivity contribution in [2.45, 2.75) is 44.2 Å². The van der Waals surface area contributed by atoms with Crippen LogP contribution in [-0.4, -0.2) is 54.9 Å². The standard InChI is InChI=1S/C21H22F3N7O2/c22-21(23,24)17-3-1-14(27-28-17)9-25-13-5-7-29(8-6-13)11-15-12-30-18(32)4-2-16-20(30)31(15)19(33)10-26-16/h1-4,10,13,15,25H,5-9,11-12H2. The van der Waals surface area contributed by atoms with Gasteiger partial charge in [-0.15, -0.1) is 5.10 Å². The van der Waals surface area contributed by atoms with E-state index in [9.17, 15) is 22.8 Å². The quantitative estimate of drug-likeness (QED) is 0.609. The van der Waals surface area contributed by atoms with Gasteiger partial charge in [-0.25, -0.2) is 4.98 Å². The van der Waals surface area contributed by atoms with Gasteiger partial charge < -0.3 is 10.2 Å². The number of piperidine rings is 1. The molecule has 0 aromatic carbocycles. The molecule has 1 atom stereocenters. The van der Waals surface area contributed by atoms with Crippen LogP contribution in [0.15, 0.2) is 40.1 Å². The predicted octanol–water partition coefficient (Wildman–Crippen LogP) is 1.18. The molecule has 1 fully saturated rings. The minimum absolute atomic E-state index is 0.134. The van der Waals surface area contributed by atoms with Crippen LogP contribution in [0.3, 0.4) is 0 Å². The van der Waals surface area contributed by atoms with Gasteiger partial charge in [-0.05, 0) is 44.1 Å². The summed E-state index contributed by atoms with van der Waals surface area (Å²) in [6, 6.07) is 5.48. The maximum absolute atomic E-state index is 12.6. The van der Waals surface area contributed by atoms with Gasteiger partial charge in [-0.1, -0.05) is 0 Å². The van der Waals surface area contributed by atoms with Crippen LogP contribution in [0, 0.1) is 0 Å². The Morgan fingerprint density at radius 3 is 2.52 bits per heavy atom. The number of halogens is 3. The minimum Gasteiger partial charge on any atom is -0.308 e. The second-order valence-corrected chi connectivity index (χ2v) is 8.47. The van der Waals surface area contributed by atoms with E-state index in [1.165, 1.54) is 18.3 Å². The Hall–Kier alpha value is -3.12. The molecule has 0 bridgehead atoms. The van der Waals surface area contributed by atoms with E-state index in [0.717, 1.165) is 32.0 Å². The third-order valence-corrected chi connectivity index (χ3v) is 6.31. The van der Waals surface area contributed by atoms with Crippen molar-refractivity contribution in [3.05, 3.63) is 62.6 Å². The van der Waals surface area contributed by atoms with Crippen molar-refractivity contribution in [2.24, 2.45) is 0 Å². The summed E-state index contributed by atoms with van der Waals surface area (Å²) in [5.41, 5.74) is 0.321. The van der Waals surface area contributed by atoms with Crippen LogP contribution in [0.4, 0.5) is 13.2 Å². The lowest BCUT2D eigenvalue weighted by atomic mass is 10.0. The number of aromatic nitrogens is 5. The van der Waals surface area contributed by atoms with Gasteiger partial charge in [0, 0.05) is 31.7 Å². The van der Waals surface area contributed by atoms with Crippen molar-refractivity contribution >= 4 is 11.2 Å². The van der Waals surface area contributed by atoms with Gasteiger partial charge in [0.2, 0.25) is 0 Å². The third-order valence-electron chi connectivity index (χ3n) is 6.31. The highest BCUT2D eigenvalue weighted by Gasteiger charge is 2.33. The molecule has 2 aliphatic rings. The van der Waals surface area contributed by atoms with Crippen LogP contribution in [-0.2, 0) is 19.3 Å². The fraction of sp³-hybridized carbons (Fsp3) is 0.476. The average molecular weight is 461 g/mol. The Labute approximate surface area is 185 Å². The van der Waals surface area contributed by atoms with Gasteiger partial charge >= 0.3 is 6.18 Å². The molecule has 5 heterocycles. The second kappa shape index (κ2) is 8.34. The molecule has 9 nitrogen and oxygen atoms in total. The van der Waals surface area contributed by atoms with Crippen LogP contribution in [0.1, 0.15) is 30.3 Å². The van der Waals surface area contributed by atoms with E-state index in [1.807, 2.05) is 0 Å². The monoisotopic (exact) mass is 461 g/mol. The number of nitrogens with one attached hydrogen (secondary N) is 1. The molecular weight excluding hydrogens is 439 g/mol. The first-order valence-electron chi connectivity index (χ1n) is 10.8. The summed E-state index contributed by atoms with van der Waals surface area (Å²) < 4.78 is 41.1. The van der Waals surface area contributed by atoms with E-state index in [2.05, 4.69) is 25.4 Å². The maximum atomic E-state index is 12.6. The third kappa shape index (κ3) is 4.27. The smallest absolute Gasteiger partial charge is 0.308 e. The topological polar surface area (TPSA) is 97.9 Å². The molecule has 12 heteroatoms. The summed E-state index contributed by atoms with van der Waals surface area (Å²) in [6.45, 7) is 3.06. The van der Waals surface area contributed by atoms with Crippen molar-refractivity contribution in [3.8, 4) is 0 Å². The predicted molar refractivity (Wildman–Crippen MR) is 113 cm³/mol. The van der Waals surface area contributed by atoms with Gasteiger partial charge in [-0.3, -0.25) is 18.7 Å². The lowest BCUT2D eigenvalue weighted by Gasteiger charge is -2.34. The lowest BCUT2D eigenvalue weighted by Crippen LogP contribution is -2.44. The molecule has 3 aromatic rings. The largest absolute Gasteiger partial charge is 0.435 e. The fourth-order valence-corrected chi connectivity index (χ4v) is 4.64. The molecule has 3 aromatic heterocycles. The highest BCUT2D eigenvalue weighted by Crippen LogP contribution is 2.27. The Morgan fingerprint density at radius 2 is 1.82 bits per heavy atom. The summed E-state index contributed by atoms with van der Waals surface area (Å²) >= 11 is 0. The molecule has 1 saturated heterocycles. The maximum Gasteiger partial charge on any atom is 0.435 e. The van der Waals surface area contributed by atoms with Gasteiger partial charge in [0.1, 0.15) is 11.2 Å². The normalized spacial score (nSPS) is 19.4. The molecule has 1 N–H and O–H groups in total. The summed E-state index contributed by atoms with van der Waals surface area (Å²) in [7, 11) is 0. The van der Waals surface area contributed by atoms with Crippen molar-refractivity contribution in [3.63, 3.8) is 0 Å². The van der Waals surface area contributed by atoms with E-state index >= 15 is 0 Å². The average Bonchev–Trinajstić information content (AvgIpc) is 3.18. The highest BCUT2D eigenvalue weighted by molar-refractivity contribution is 5.71. The molecular formula is C21H22F3N7O2.